The van der Waals surface area contributed by atoms with Gasteiger partial charge in [-0.05, 0) is 43.1 Å². The van der Waals surface area contributed by atoms with Gasteiger partial charge in [0.2, 0.25) is 11.7 Å². The van der Waals surface area contributed by atoms with Gasteiger partial charge in [0.15, 0.2) is 0 Å². The van der Waals surface area contributed by atoms with E-state index in [9.17, 15) is 0 Å². The van der Waals surface area contributed by atoms with Crippen LogP contribution in [0.4, 0.5) is 5.82 Å². The molecule has 0 saturated carbocycles. The van der Waals surface area contributed by atoms with Gasteiger partial charge >= 0.3 is 0 Å². The summed E-state index contributed by atoms with van der Waals surface area (Å²) in [5.41, 5.74) is 2.06. The molecule has 0 N–H and O–H groups in total. The lowest BCUT2D eigenvalue weighted by atomic mass is 10.2. The second kappa shape index (κ2) is 7.21. The van der Waals surface area contributed by atoms with Gasteiger partial charge in [0.25, 0.3) is 0 Å². The third-order valence-electron chi connectivity index (χ3n) is 4.66. The summed E-state index contributed by atoms with van der Waals surface area (Å²) < 4.78 is 5.59. The molecule has 4 heterocycles. The van der Waals surface area contributed by atoms with Crippen molar-refractivity contribution in [2.75, 3.05) is 25.5 Å². The van der Waals surface area contributed by atoms with E-state index in [0.717, 1.165) is 37.3 Å². The number of rotatable bonds is 5. The Morgan fingerprint density at radius 2 is 2.15 bits per heavy atom. The highest BCUT2D eigenvalue weighted by Crippen LogP contribution is 2.33. The standard InChI is InChI=1S/C19H22N6O/c1-24(2)17-8-7-15(12-21-17)18-22-19(26-23-18)16-6-4-10-25(16)13-14-5-3-9-20-11-14/h3,5,7-9,11-12,16H,4,6,10,13H2,1-2H3. The van der Waals surface area contributed by atoms with Crippen molar-refractivity contribution in [1.82, 2.24) is 25.0 Å². The highest BCUT2D eigenvalue weighted by molar-refractivity contribution is 5.55. The molecule has 134 valence electrons. The first-order valence-electron chi connectivity index (χ1n) is 8.81. The van der Waals surface area contributed by atoms with Crippen molar-refractivity contribution in [2.24, 2.45) is 0 Å². The van der Waals surface area contributed by atoms with E-state index in [2.05, 4.69) is 31.1 Å². The zero-order valence-corrected chi connectivity index (χ0v) is 15.0. The predicted molar refractivity (Wildman–Crippen MR) is 98.5 cm³/mol. The lowest BCUT2D eigenvalue weighted by Gasteiger charge is -2.21. The van der Waals surface area contributed by atoms with Crippen molar-refractivity contribution in [2.45, 2.75) is 25.4 Å². The summed E-state index contributed by atoms with van der Waals surface area (Å²) in [7, 11) is 3.93. The number of anilines is 1. The van der Waals surface area contributed by atoms with Crippen molar-refractivity contribution < 1.29 is 4.52 Å². The fourth-order valence-electron chi connectivity index (χ4n) is 3.29. The van der Waals surface area contributed by atoms with Gasteiger partial charge in [0.1, 0.15) is 5.82 Å². The summed E-state index contributed by atoms with van der Waals surface area (Å²) in [6, 6.07) is 8.15. The second-order valence-electron chi connectivity index (χ2n) is 6.75. The maximum atomic E-state index is 5.59. The van der Waals surface area contributed by atoms with Gasteiger partial charge in [-0.1, -0.05) is 11.2 Å². The van der Waals surface area contributed by atoms with E-state index in [4.69, 9.17) is 4.52 Å². The molecule has 7 nitrogen and oxygen atoms in total. The molecule has 1 aliphatic rings. The fourth-order valence-corrected chi connectivity index (χ4v) is 3.29. The highest BCUT2D eigenvalue weighted by Gasteiger charge is 2.30. The molecule has 0 aliphatic carbocycles. The molecule has 0 spiro atoms. The van der Waals surface area contributed by atoms with Gasteiger partial charge in [0, 0.05) is 44.8 Å². The van der Waals surface area contributed by atoms with E-state index in [1.54, 1.807) is 12.4 Å². The molecule has 4 rings (SSSR count). The summed E-state index contributed by atoms with van der Waals surface area (Å²) in [4.78, 5) is 17.6. The molecule has 3 aromatic rings. The molecule has 1 fully saturated rings. The van der Waals surface area contributed by atoms with Crippen LogP contribution in [0.25, 0.3) is 11.4 Å². The van der Waals surface area contributed by atoms with Crippen LogP contribution in [0.5, 0.6) is 0 Å². The van der Waals surface area contributed by atoms with Crippen molar-refractivity contribution in [3.8, 4) is 11.4 Å². The first kappa shape index (κ1) is 16.7. The summed E-state index contributed by atoms with van der Waals surface area (Å²) in [6.45, 7) is 1.87. The molecule has 0 bridgehead atoms. The van der Waals surface area contributed by atoms with E-state index in [0.29, 0.717) is 11.7 Å². The molecule has 7 heteroatoms. The van der Waals surface area contributed by atoms with E-state index in [1.165, 1.54) is 5.56 Å². The van der Waals surface area contributed by atoms with Gasteiger partial charge in [0.05, 0.1) is 6.04 Å². The Morgan fingerprint density at radius 3 is 2.88 bits per heavy atom. The zero-order chi connectivity index (χ0) is 17.9. The minimum atomic E-state index is 0.158. The molecule has 0 amide bonds. The molecule has 1 saturated heterocycles. The molecular formula is C19H22N6O. The first-order valence-corrected chi connectivity index (χ1v) is 8.81. The van der Waals surface area contributed by atoms with Crippen LogP contribution in [0.3, 0.4) is 0 Å². The van der Waals surface area contributed by atoms with E-state index in [-0.39, 0.29) is 6.04 Å². The van der Waals surface area contributed by atoms with Crippen molar-refractivity contribution in [1.29, 1.82) is 0 Å². The van der Waals surface area contributed by atoms with Crippen LogP contribution in [0.2, 0.25) is 0 Å². The Bertz CT molecular complexity index is 846. The number of hydrogen-bond acceptors (Lipinski definition) is 7. The number of aromatic nitrogens is 4. The number of pyridine rings is 2. The molecule has 0 aromatic carbocycles. The van der Waals surface area contributed by atoms with E-state index in [1.807, 2.05) is 43.4 Å². The molecule has 1 atom stereocenters. The van der Waals surface area contributed by atoms with Crippen molar-refractivity contribution >= 4 is 5.82 Å². The summed E-state index contributed by atoms with van der Waals surface area (Å²) in [5, 5.41) is 4.17. The third kappa shape index (κ3) is 3.43. The predicted octanol–water partition coefficient (Wildman–Crippen LogP) is 2.93. The summed E-state index contributed by atoms with van der Waals surface area (Å²) in [5.74, 6) is 2.17. The van der Waals surface area contributed by atoms with Crippen LogP contribution < -0.4 is 4.90 Å². The highest BCUT2D eigenvalue weighted by atomic mass is 16.5. The lowest BCUT2D eigenvalue weighted by molar-refractivity contribution is 0.201. The van der Waals surface area contributed by atoms with Crippen LogP contribution in [0, 0.1) is 0 Å². The monoisotopic (exact) mass is 350 g/mol. The smallest absolute Gasteiger partial charge is 0.244 e. The number of hydrogen-bond donors (Lipinski definition) is 0. The largest absolute Gasteiger partial charge is 0.363 e. The molecule has 0 radical (unpaired) electrons. The first-order chi connectivity index (χ1) is 12.7. The number of likely N-dealkylation sites (tertiary alicyclic amines) is 1. The Morgan fingerprint density at radius 1 is 1.23 bits per heavy atom. The Kier molecular flexibility index (Phi) is 4.62. The number of nitrogens with zero attached hydrogens (tertiary/aromatic N) is 6. The van der Waals surface area contributed by atoms with Gasteiger partial charge < -0.3 is 9.42 Å². The van der Waals surface area contributed by atoms with Gasteiger partial charge in [-0.15, -0.1) is 0 Å². The zero-order valence-electron chi connectivity index (χ0n) is 15.0. The molecular weight excluding hydrogens is 328 g/mol. The molecule has 1 aliphatic heterocycles. The minimum Gasteiger partial charge on any atom is -0.363 e. The molecule has 3 aromatic heterocycles. The fraction of sp³-hybridized carbons (Fsp3) is 0.368. The molecule has 26 heavy (non-hydrogen) atoms. The normalized spacial score (nSPS) is 17.5. The quantitative estimate of drug-likeness (QED) is 0.700. The van der Waals surface area contributed by atoms with Crippen LogP contribution in [-0.4, -0.2) is 45.6 Å². The van der Waals surface area contributed by atoms with Crippen molar-refractivity contribution in [3.63, 3.8) is 0 Å². The SMILES string of the molecule is CN(C)c1ccc(-c2noc(C3CCCN3Cc3cccnc3)n2)cn1. The Balaban J connectivity index is 1.51. The van der Waals surface area contributed by atoms with Crippen LogP contribution in [0.1, 0.15) is 30.3 Å². The van der Waals surface area contributed by atoms with Crippen LogP contribution in [-0.2, 0) is 6.54 Å². The average Bonchev–Trinajstić information content (AvgIpc) is 3.32. The third-order valence-corrected chi connectivity index (χ3v) is 4.66. The summed E-state index contributed by atoms with van der Waals surface area (Å²) in [6.07, 6.45) is 7.64. The van der Waals surface area contributed by atoms with E-state index >= 15 is 0 Å². The maximum Gasteiger partial charge on any atom is 0.244 e. The van der Waals surface area contributed by atoms with Crippen LogP contribution in [0.15, 0.2) is 47.4 Å². The molecule has 1 unspecified atom stereocenters. The maximum absolute atomic E-state index is 5.59. The second-order valence-corrected chi connectivity index (χ2v) is 6.75. The minimum absolute atomic E-state index is 0.158. The van der Waals surface area contributed by atoms with Crippen molar-refractivity contribution in [3.05, 3.63) is 54.3 Å². The van der Waals surface area contributed by atoms with Gasteiger partial charge in [-0.2, -0.15) is 4.98 Å². The van der Waals surface area contributed by atoms with Gasteiger partial charge in [-0.3, -0.25) is 9.88 Å². The lowest BCUT2D eigenvalue weighted by Crippen LogP contribution is -2.23. The Labute approximate surface area is 152 Å². The van der Waals surface area contributed by atoms with Crippen LogP contribution >= 0.6 is 0 Å². The van der Waals surface area contributed by atoms with Gasteiger partial charge in [-0.25, -0.2) is 4.98 Å². The summed E-state index contributed by atoms with van der Waals surface area (Å²) >= 11 is 0. The Hall–Kier alpha value is -2.80. The van der Waals surface area contributed by atoms with E-state index < -0.39 is 0 Å². The average molecular weight is 350 g/mol. The topological polar surface area (TPSA) is 71.2 Å².